The van der Waals surface area contributed by atoms with E-state index in [4.69, 9.17) is 11.6 Å². The third-order valence-corrected chi connectivity index (χ3v) is 4.37. The maximum Gasteiger partial charge on any atom is 0.225 e. The summed E-state index contributed by atoms with van der Waals surface area (Å²) in [6.45, 7) is 2.93. The molecule has 0 saturated carbocycles. The van der Waals surface area contributed by atoms with Crippen LogP contribution in [0.2, 0.25) is 5.02 Å². The Morgan fingerprint density at radius 1 is 1.29 bits per heavy atom. The Balaban J connectivity index is 2.00. The Labute approximate surface area is 131 Å². The zero-order valence-electron chi connectivity index (χ0n) is 11.4. The fraction of sp³-hybridized carbons (Fsp3) is 0.214. The topological polar surface area (TPSA) is 66.5 Å². The molecule has 2 heterocycles. The minimum atomic E-state index is 0.600. The molecule has 1 aromatic carbocycles. The van der Waals surface area contributed by atoms with Gasteiger partial charge in [-0.15, -0.1) is 0 Å². The average Bonchev–Trinajstić information content (AvgIpc) is 2.96. The summed E-state index contributed by atoms with van der Waals surface area (Å²) in [6, 6.07) is 7.71. The molecule has 0 aliphatic carbocycles. The Morgan fingerprint density at radius 3 is 2.95 bits per heavy atom. The molecular formula is C14H14ClN5S. The van der Waals surface area contributed by atoms with E-state index in [1.54, 1.807) is 6.20 Å². The number of nitrogens with zero attached hydrogens (tertiary/aromatic N) is 3. The number of aromatic nitrogens is 4. The van der Waals surface area contributed by atoms with Gasteiger partial charge in [-0.3, -0.25) is 5.10 Å². The second kappa shape index (κ2) is 6.32. The summed E-state index contributed by atoms with van der Waals surface area (Å²) < 4.78 is 0. The first kappa shape index (κ1) is 14.2. The van der Waals surface area contributed by atoms with Gasteiger partial charge in [0.2, 0.25) is 5.95 Å². The van der Waals surface area contributed by atoms with Crippen LogP contribution in [-0.4, -0.2) is 26.7 Å². The number of benzene rings is 1. The highest BCUT2D eigenvalue weighted by Gasteiger charge is 2.12. The first-order valence-electron chi connectivity index (χ1n) is 6.65. The molecule has 7 heteroatoms. The van der Waals surface area contributed by atoms with Crippen LogP contribution in [0.4, 0.5) is 5.95 Å². The van der Waals surface area contributed by atoms with Crippen LogP contribution in [0.3, 0.4) is 0 Å². The van der Waals surface area contributed by atoms with E-state index < -0.39 is 0 Å². The molecule has 3 rings (SSSR count). The lowest BCUT2D eigenvalue weighted by Crippen LogP contribution is -2.05. The number of H-pyrrole nitrogens is 1. The van der Waals surface area contributed by atoms with Crippen molar-refractivity contribution in [3.8, 4) is 0 Å². The van der Waals surface area contributed by atoms with Gasteiger partial charge in [0.05, 0.1) is 16.6 Å². The van der Waals surface area contributed by atoms with E-state index in [1.165, 1.54) is 11.8 Å². The van der Waals surface area contributed by atoms with Gasteiger partial charge < -0.3 is 5.32 Å². The molecular weight excluding hydrogens is 306 g/mol. The molecule has 0 bridgehead atoms. The van der Waals surface area contributed by atoms with Crippen LogP contribution < -0.4 is 5.32 Å². The van der Waals surface area contributed by atoms with Crippen LogP contribution in [0.15, 0.2) is 40.4 Å². The summed E-state index contributed by atoms with van der Waals surface area (Å²) in [7, 11) is 0. The number of aromatic amines is 1. The third kappa shape index (κ3) is 3.11. The van der Waals surface area contributed by atoms with Crippen molar-refractivity contribution in [2.45, 2.75) is 23.3 Å². The summed E-state index contributed by atoms with van der Waals surface area (Å²) >= 11 is 7.73. The van der Waals surface area contributed by atoms with E-state index in [0.29, 0.717) is 11.0 Å². The van der Waals surface area contributed by atoms with Crippen molar-refractivity contribution >= 4 is 40.3 Å². The number of nitrogens with one attached hydrogen (secondary N) is 2. The van der Waals surface area contributed by atoms with E-state index in [0.717, 1.165) is 33.9 Å². The van der Waals surface area contributed by atoms with Crippen LogP contribution in [0, 0.1) is 0 Å². The Kier molecular flexibility index (Phi) is 4.26. The van der Waals surface area contributed by atoms with Crippen LogP contribution in [0.5, 0.6) is 0 Å². The lowest BCUT2D eigenvalue weighted by molar-refractivity contribution is 0.943. The SMILES string of the molecule is CCCNc1nc(Sc2ccccc2Cl)c2cn[nH]c2n1. The highest BCUT2D eigenvalue weighted by molar-refractivity contribution is 7.99. The quantitative estimate of drug-likeness (QED) is 0.696. The zero-order chi connectivity index (χ0) is 14.7. The fourth-order valence-corrected chi connectivity index (χ4v) is 3.00. The molecule has 0 saturated heterocycles. The zero-order valence-corrected chi connectivity index (χ0v) is 13.0. The van der Waals surface area contributed by atoms with Gasteiger partial charge >= 0.3 is 0 Å². The van der Waals surface area contributed by atoms with Crippen molar-refractivity contribution in [3.05, 3.63) is 35.5 Å². The van der Waals surface area contributed by atoms with Gasteiger partial charge in [0.1, 0.15) is 5.03 Å². The van der Waals surface area contributed by atoms with Crippen molar-refractivity contribution in [3.63, 3.8) is 0 Å². The van der Waals surface area contributed by atoms with E-state index in [1.807, 2.05) is 24.3 Å². The molecule has 0 amide bonds. The number of halogens is 1. The average molecular weight is 320 g/mol. The number of fused-ring (bicyclic) bond motifs is 1. The van der Waals surface area contributed by atoms with E-state index in [2.05, 4.69) is 32.4 Å². The largest absolute Gasteiger partial charge is 0.354 e. The highest BCUT2D eigenvalue weighted by Crippen LogP contribution is 2.35. The lowest BCUT2D eigenvalue weighted by atomic mass is 10.4. The molecule has 21 heavy (non-hydrogen) atoms. The molecule has 108 valence electrons. The van der Waals surface area contributed by atoms with Crippen molar-refractivity contribution in [1.29, 1.82) is 0 Å². The first-order valence-corrected chi connectivity index (χ1v) is 7.84. The Hall–Kier alpha value is -1.79. The standard InChI is InChI=1S/C14H14ClN5S/c1-2-7-16-14-18-12-9(8-17-20-12)13(19-14)21-11-6-4-3-5-10(11)15/h3-6,8H,2,7H2,1H3,(H2,16,17,18,19,20). The van der Waals surface area contributed by atoms with Gasteiger partial charge in [-0.25, -0.2) is 4.98 Å². The second-order valence-corrected chi connectivity index (χ2v) is 5.88. The second-order valence-electron chi connectivity index (χ2n) is 4.44. The number of rotatable bonds is 5. The molecule has 0 unspecified atom stereocenters. The number of anilines is 1. The van der Waals surface area contributed by atoms with Crippen LogP contribution in [-0.2, 0) is 0 Å². The van der Waals surface area contributed by atoms with Crippen molar-refractivity contribution in [2.75, 3.05) is 11.9 Å². The summed E-state index contributed by atoms with van der Waals surface area (Å²) in [6.07, 6.45) is 2.75. The molecule has 3 aromatic rings. The van der Waals surface area contributed by atoms with Gasteiger partial charge in [0.25, 0.3) is 0 Å². The smallest absolute Gasteiger partial charge is 0.225 e. The van der Waals surface area contributed by atoms with E-state index >= 15 is 0 Å². The molecule has 5 nitrogen and oxygen atoms in total. The van der Waals surface area contributed by atoms with Crippen LogP contribution >= 0.6 is 23.4 Å². The monoisotopic (exact) mass is 319 g/mol. The molecule has 2 N–H and O–H groups in total. The predicted octanol–water partition coefficient (Wildman–Crippen LogP) is 3.98. The molecule has 0 radical (unpaired) electrons. The van der Waals surface area contributed by atoms with Gasteiger partial charge in [-0.2, -0.15) is 10.1 Å². The highest BCUT2D eigenvalue weighted by atomic mass is 35.5. The molecule has 2 aromatic heterocycles. The molecule has 0 aliphatic heterocycles. The Morgan fingerprint density at radius 2 is 2.14 bits per heavy atom. The molecule has 0 atom stereocenters. The fourth-order valence-electron chi connectivity index (χ4n) is 1.83. The maximum absolute atomic E-state index is 6.22. The van der Waals surface area contributed by atoms with Crippen LogP contribution in [0.1, 0.15) is 13.3 Å². The summed E-state index contributed by atoms with van der Waals surface area (Å²) in [5.74, 6) is 0.600. The summed E-state index contributed by atoms with van der Waals surface area (Å²) in [5.41, 5.74) is 0.721. The number of hydrogen-bond donors (Lipinski definition) is 2. The van der Waals surface area contributed by atoms with Crippen molar-refractivity contribution in [2.24, 2.45) is 0 Å². The Bertz CT molecular complexity index is 758. The molecule has 0 fully saturated rings. The maximum atomic E-state index is 6.22. The lowest BCUT2D eigenvalue weighted by Gasteiger charge is -2.07. The first-order chi connectivity index (χ1) is 10.3. The van der Waals surface area contributed by atoms with Gasteiger partial charge in [-0.1, -0.05) is 42.4 Å². The molecule has 0 aliphatic rings. The van der Waals surface area contributed by atoms with E-state index in [9.17, 15) is 0 Å². The van der Waals surface area contributed by atoms with Crippen molar-refractivity contribution in [1.82, 2.24) is 20.2 Å². The van der Waals surface area contributed by atoms with Gasteiger partial charge in [-0.05, 0) is 18.6 Å². The molecule has 0 spiro atoms. The normalized spacial score (nSPS) is 11.0. The van der Waals surface area contributed by atoms with Crippen LogP contribution in [0.25, 0.3) is 11.0 Å². The minimum absolute atomic E-state index is 0.600. The summed E-state index contributed by atoms with van der Waals surface area (Å²) in [5, 5.41) is 12.6. The van der Waals surface area contributed by atoms with E-state index in [-0.39, 0.29) is 0 Å². The van der Waals surface area contributed by atoms with Crippen molar-refractivity contribution < 1.29 is 0 Å². The summed E-state index contributed by atoms with van der Waals surface area (Å²) in [4.78, 5) is 9.94. The third-order valence-electron chi connectivity index (χ3n) is 2.85. The number of hydrogen-bond acceptors (Lipinski definition) is 5. The van der Waals surface area contributed by atoms with Gasteiger partial charge in [0, 0.05) is 11.4 Å². The van der Waals surface area contributed by atoms with Gasteiger partial charge in [0.15, 0.2) is 5.65 Å². The predicted molar refractivity (Wildman–Crippen MR) is 86.0 cm³/mol. The minimum Gasteiger partial charge on any atom is -0.354 e.